The number of thioether (sulfide) groups is 1. The Bertz CT molecular complexity index is 1080. The zero-order chi connectivity index (χ0) is 22.0. The van der Waals surface area contributed by atoms with Crippen LogP contribution in [0.25, 0.3) is 11.6 Å². The number of carbonyl (C=O) groups excluding carboxylic acids is 2. The molecule has 0 unspecified atom stereocenters. The Morgan fingerprint density at radius 3 is 2.71 bits per heavy atom. The van der Waals surface area contributed by atoms with E-state index in [1.54, 1.807) is 20.1 Å². The summed E-state index contributed by atoms with van der Waals surface area (Å²) in [5.41, 5.74) is 2.09. The van der Waals surface area contributed by atoms with Crippen LogP contribution in [-0.2, 0) is 4.74 Å². The van der Waals surface area contributed by atoms with Crippen LogP contribution in [0.1, 0.15) is 70.2 Å². The van der Waals surface area contributed by atoms with Gasteiger partial charge in [-0.15, -0.1) is 10.2 Å². The van der Waals surface area contributed by atoms with Crippen LogP contribution in [0.4, 0.5) is 0 Å². The molecule has 1 N–H and O–H groups in total. The van der Waals surface area contributed by atoms with Crippen LogP contribution < -0.4 is 0 Å². The van der Waals surface area contributed by atoms with Gasteiger partial charge in [-0.1, -0.05) is 31.0 Å². The molecule has 31 heavy (non-hydrogen) atoms. The quantitative estimate of drug-likeness (QED) is 0.320. The Labute approximate surface area is 184 Å². The summed E-state index contributed by atoms with van der Waals surface area (Å²) in [6, 6.07) is 4.00. The first-order valence-corrected chi connectivity index (χ1v) is 11.4. The number of methoxy groups -OCH3 is 1. The van der Waals surface area contributed by atoms with Crippen LogP contribution in [0.15, 0.2) is 28.0 Å². The number of esters is 1. The maximum Gasteiger partial charge on any atom is 0.339 e. The predicted molar refractivity (Wildman–Crippen MR) is 117 cm³/mol. The number of aromatic nitrogens is 4. The number of furan rings is 1. The smallest absolute Gasteiger partial charge is 0.339 e. The molecular formula is C22H26N4O4S. The molecule has 1 saturated carbocycles. The number of aryl methyl sites for hydroxylation is 1. The lowest BCUT2D eigenvalue weighted by Crippen LogP contribution is -2.15. The summed E-state index contributed by atoms with van der Waals surface area (Å²) >= 11 is 1.36. The number of nitrogens with one attached hydrogen (secondary N) is 1. The molecule has 164 valence electrons. The van der Waals surface area contributed by atoms with E-state index >= 15 is 0 Å². The Balaban J connectivity index is 1.58. The first kappa shape index (κ1) is 21.4. The molecule has 0 aliphatic heterocycles. The Morgan fingerprint density at radius 1 is 1.26 bits per heavy atom. The molecule has 0 radical (unpaired) electrons. The molecule has 0 aromatic carbocycles. The van der Waals surface area contributed by atoms with E-state index in [1.807, 2.05) is 12.1 Å². The maximum atomic E-state index is 13.0. The minimum atomic E-state index is -0.446. The van der Waals surface area contributed by atoms with Gasteiger partial charge in [0.05, 0.1) is 30.4 Å². The largest absolute Gasteiger partial charge is 0.465 e. The lowest BCUT2D eigenvalue weighted by atomic mass is 9.95. The molecule has 8 nitrogen and oxygen atoms in total. The second-order valence-corrected chi connectivity index (χ2v) is 8.72. The molecule has 1 aliphatic carbocycles. The number of ether oxygens (including phenoxy) is 1. The molecule has 1 fully saturated rings. The van der Waals surface area contributed by atoms with Gasteiger partial charge in [-0.3, -0.25) is 9.36 Å². The summed E-state index contributed by atoms with van der Waals surface area (Å²) in [4.78, 5) is 28.0. The van der Waals surface area contributed by atoms with Crippen molar-refractivity contribution in [2.45, 2.75) is 57.1 Å². The van der Waals surface area contributed by atoms with Crippen molar-refractivity contribution in [1.29, 1.82) is 0 Å². The van der Waals surface area contributed by atoms with Gasteiger partial charge in [0.1, 0.15) is 0 Å². The number of carbonyl (C=O) groups is 2. The summed E-state index contributed by atoms with van der Waals surface area (Å²) in [6.07, 6.45) is 7.32. The number of rotatable bonds is 7. The SMILES string of the molecule is COC(=O)c1c(C)[nH]c(C(=O)CSc2nnc(-c3ccco3)n2C2CCCCC2)c1C. The van der Waals surface area contributed by atoms with E-state index in [9.17, 15) is 9.59 Å². The van der Waals surface area contributed by atoms with Gasteiger partial charge in [-0.2, -0.15) is 0 Å². The minimum absolute atomic E-state index is 0.0986. The highest BCUT2D eigenvalue weighted by molar-refractivity contribution is 7.99. The van der Waals surface area contributed by atoms with Gasteiger partial charge in [-0.05, 0) is 44.4 Å². The van der Waals surface area contributed by atoms with E-state index < -0.39 is 5.97 Å². The van der Waals surface area contributed by atoms with Crippen molar-refractivity contribution in [3.8, 4) is 11.6 Å². The number of ketones is 1. The zero-order valence-electron chi connectivity index (χ0n) is 17.9. The van der Waals surface area contributed by atoms with Crippen molar-refractivity contribution in [2.75, 3.05) is 12.9 Å². The third kappa shape index (κ3) is 4.19. The summed E-state index contributed by atoms with van der Waals surface area (Å²) in [5, 5.41) is 9.46. The predicted octanol–water partition coefficient (Wildman–Crippen LogP) is 4.75. The number of nitrogens with zero attached hydrogens (tertiary/aromatic N) is 3. The van der Waals surface area contributed by atoms with Gasteiger partial charge in [0, 0.05) is 11.7 Å². The van der Waals surface area contributed by atoms with Gasteiger partial charge >= 0.3 is 5.97 Å². The van der Waals surface area contributed by atoms with E-state index in [4.69, 9.17) is 9.15 Å². The lowest BCUT2D eigenvalue weighted by Gasteiger charge is -2.25. The second kappa shape index (κ2) is 9.13. The Morgan fingerprint density at radius 2 is 2.03 bits per heavy atom. The molecule has 0 saturated heterocycles. The minimum Gasteiger partial charge on any atom is -0.465 e. The molecule has 4 rings (SSSR count). The highest BCUT2D eigenvalue weighted by Gasteiger charge is 2.27. The van der Waals surface area contributed by atoms with Crippen molar-refractivity contribution in [3.63, 3.8) is 0 Å². The highest BCUT2D eigenvalue weighted by Crippen LogP contribution is 2.36. The molecule has 1 aliphatic rings. The summed E-state index contributed by atoms with van der Waals surface area (Å²) < 4.78 is 12.5. The molecule has 3 aromatic heterocycles. The van der Waals surface area contributed by atoms with Crippen LogP contribution in [0.5, 0.6) is 0 Å². The third-order valence-electron chi connectivity index (χ3n) is 5.78. The topological polar surface area (TPSA) is 103 Å². The number of Topliss-reactive ketones (excluding diaryl/α,β-unsaturated/α-hetero) is 1. The molecule has 0 spiro atoms. The number of hydrogen-bond acceptors (Lipinski definition) is 7. The Hall–Kier alpha value is -2.81. The molecule has 0 bridgehead atoms. The van der Waals surface area contributed by atoms with Gasteiger partial charge in [0.15, 0.2) is 16.7 Å². The number of H-pyrrole nitrogens is 1. The Kier molecular flexibility index (Phi) is 6.31. The van der Waals surface area contributed by atoms with E-state index in [1.165, 1.54) is 38.1 Å². The van der Waals surface area contributed by atoms with Crippen molar-refractivity contribution in [3.05, 3.63) is 40.9 Å². The van der Waals surface area contributed by atoms with E-state index in [0.29, 0.717) is 45.3 Å². The van der Waals surface area contributed by atoms with Gasteiger partial charge < -0.3 is 14.1 Å². The molecular weight excluding hydrogens is 416 g/mol. The standard InChI is InChI=1S/C22H26N4O4S/c1-13-18(21(28)29-3)14(2)23-19(13)16(27)12-31-22-25-24-20(17-10-7-11-30-17)26(22)15-8-5-4-6-9-15/h7,10-11,15,23H,4-6,8-9,12H2,1-3H3. The van der Waals surface area contributed by atoms with Crippen LogP contribution in [0.2, 0.25) is 0 Å². The van der Waals surface area contributed by atoms with Crippen molar-refractivity contribution >= 4 is 23.5 Å². The normalized spacial score (nSPS) is 14.7. The highest BCUT2D eigenvalue weighted by atomic mass is 32.2. The van der Waals surface area contributed by atoms with Crippen molar-refractivity contribution in [1.82, 2.24) is 19.7 Å². The van der Waals surface area contributed by atoms with E-state index in [2.05, 4.69) is 19.7 Å². The van der Waals surface area contributed by atoms with Crippen LogP contribution >= 0.6 is 11.8 Å². The van der Waals surface area contributed by atoms with Crippen molar-refractivity contribution in [2.24, 2.45) is 0 Å². The lowest BCUT2D eigenvalue weighted by molar-refractivity contribution is 0.0599. The maximum absolute atomic E-state index is 13.0. The molecule has 9 heteroatoms. The van der Waals surface area contributed by atoms with E-state index in [-0.39, 0.29) is 11.5 Å². The molecule has 3 aromatic rings. The van der Waals surface area contributed by atoms with Crippen LogP contribution in [-0.4, -0.2) is 44.4 Å². The fourth-order valence-corrected chi connectivity index (χ4v) is 5.13. The fourth-order valence-electron chi connectivity index (χ4n) is 4.26. The van der Waals surface area contributed by atoms with Crippen LogP contribution in [0, 0.1) is 13.8 Å². The molecule has 3 heterocycles. The number of hydrogen-bond donors (Lipinski definition) is 1. The van der Waals surface area contributed by atoms with Crippen LogP contribution in [0.3, 0.4) is 0 Å². The average molecular weight is 443 g/mol. The monoisotopic (exact) mass is 442 g/mol. The van der Waals surface area contributed by atoms with Gasteiger partial charge in [0.2, 0.25) is 5.82 Å². The summed E-state index contributed by atoms with van der Waals surface area (Å²) in [6.45, 7) is 3.52. The van der Waals surface area contributed by atoms with Gasteiger partial charge in [-0.25, -0.2) is 4.79 Å². The van der Waals surface area contributed by atoms with Gasteiger partial charge in [0.25, 0.3) is 0 Å². The number of aromatic amines is 1. The fraction of sp³-hybridized carbons (Fsp3) is 0.455. The first-order valence-electron chi connectivity index (χ1n) is 10.4. The molecule has 0 amide bonds. The third-order valence-corrected chi connectivity index (χ3v) is 6.73. The zero-order valence-corrected chi connectivity index (χ0v) is 18.8. The summed E-state index contributed by atoms with van der Waals surface area (Å²) in [7, 11) is 1.33. The van der Waals surface area contributed by atoms with E-state index in [0.717, 1.165) is 12.8 Å². The second-order valence-electron chi connectivity index (χ2n) is 7.77. The average Bonchev–Trinajstić information content (AvgIpc) is 3.51. The first-order chi connectivity index (χ1) is 15.0. The summed E-state index contributed by atoms with van der Waals surface area (Å²) in [5.74, 6) is 1.02. The molecule has 0 atom stereocenters. The van der Waals surface area contributed by atoms with Crippen molar-refractivity contribution < 1.29 is 18.7 Å².